The topological polar surface area (TPSA) is 30.2 Å². The molecule has 0 unspecified atom stereocenters. The van der Waals surface area contributed by atoms with E-state index in [0.29, 0.717) is 5.76 Å². The normalized spacial score (nSPS) is 25.6. The predicted octanol–water partition coefficient (Wildman–Crippen LogP) is 3.99. The summed E-state index contributed by atoms with van der Waals surface area (Å²) in [4.78, 5) is 12.2. The van der Waals surface area contributed by atoms with Crippen molar-refractivity contribution < 1.29 is 9.21 Å². The van der Waals surface area contributed by atoms with Gasteiger partial charge in [-0.2, -0.15) is 0 Å². The molecule has 1 heterocycles. The Labute approximate surface area is 97.0 Å². The fourth-order valence-corrected chi connectivity index (χ4v) is 2.64. The van der Waals surface area contributed by atoms with Crippen molar-refractivity contribution in [3.05, 3.63) is 23.7 Å². The van der Waals surface area contributed by atoms with Gasteiger partial charge in [0.05, 0.1) is 6.26 Å². The highest BCUT2D eigenvalue weighted by molar-refractivity contribution is 5.96. The van der Waals surface area contributed by atoms with Gasteiger partial charge in [-0.15, -0.1) is 0 Å². The lowest BCUT2D eigenvalue weighted by molar-refractivity contribution is 0.0841. The van der Waals surface area contributed by atoms with Crippen molar-refractivity contribution in [1.82, 2.24) is 0 Å². The fraction of sp³-hybridized carbons (Fsp3) is 0.643. The Balaban J connectivity index is 2.00. The molecule has 1 fully saturated rings. The molecule has 0 bridgehead atoms. The minimum Gasteiger partial charge on any atom is -0.461 e. The summed E-state index contributed by atoms with van der Waals surface area (Å²) >= 11 is 0. The summed E-state index contributed by atoms with van der Waals surface area (Å²) in [5, 5.41) is 0. The van der Waals surface area contributed by atoms with Gasteiger partial charge in [-0.1, -0.05) is 13.3 Å². The number of rotatable bonds is 3. The maximum atomic E-state index is 12.2. The van der Waals surface area contributed by atoms with Crippen LogP contribution in [0, 0.1) is 18.8 Å². The number of ketones is 1. The Bertz CT molecular complexity index is 357. The predicted molar refractivity (Wildman–Crippen MR) is 63.5 cm³/mol. The Morgan fingerprint density at radius 1 is 1.38 bits per heavy atom. The van der Waals surface area contributed by atoms with E-state index in [9.17, 15) is 4.79 Å². The SMILES string of the molecule is CCC1CCC(C(=O)c2occc2C)CC1. The first-order chi connectivity index (χ1) is 7.72. The highest BCUT2D eigenvalue weighted by Crippen LogP contribution is 2.33. The minimum atomic E-state index is 0.202. The largest absolute Gasteiger partial charge is 0.461 e. The number of carbonyl (C=O) groups is 1. The van der Waals surface area contributed by atoms with Crippen LogP contribution < -0.4 is 0 Å². The number of Topliss-reactive ketones (excluding diaryl/α,β-unsaturated/α-hetero) is 1. The van der Waals surface area contributed by atoms with Gasteiger partial charge in [-0.05, 0) is 50.2 Å². The van der Waals surface area contributed by atoms with Gasteiger partial charge in [0.15, 0.2) is 5.76 Å². The third kappa shape index (κ3) is 2.21. The van der Waals surface area contributed by atoms with E-state index in [1.165, 1.54) is 19.3 Å². The van der Waals surface area contributed by atoms with Gasteiger partial charge in [-0.3, -0.25) is 4.79 Å². The van der Waals surface area contributed by atoms with Crippen LogP contribution >= 0.6 is 0 Å². The maximum absolute atomic E-state index is 12.2. The summed E-state index contributed by atoms with van der Waals surface area (Å²) in [6, 6.07) is 1.87. The summed E-state index contributed by atoms with van der Waals surface area (Å²) in [6.45, 7) is 4.18. The van der Waals surface area contributed by atoms with Crippen LogP contribution in [0.2, 0.25) is 0 Å². The third-order valence-corrected chi connectivity index (χ3v) is 3.88. The first kappa shape index (κ1) is 11.4. The van der Waals surface area contributed by atoms with Crippen LogP contribution in [0.5, 0.6) is 0 Å². The molecular weight excluding hydrogens is 200 g/mol. The second kappa shape index (κ2) is 4.86. The molecule has 0 amide bonds. The zero-order valence-electron chi connectivity index (χ0n) is 10.2. The smallest absolute Gasteiger partial charge is 0.201 e. The molecule has 1 saturated carbocycles. The van der Waals surface area contributed by atoms with Crippen molar-refractivity contribution in [1.29, 1.82) is 0 Å². The van der Waals surface area contributed by atoms with Crippen LogP contribution in [0.15, 0.2) is 16.7 Å². The number of aryl methyl sites for hydroxylation is 1. The summed E-state index contributed by atoms with van der Waals surface area (Å²) in [7, 11) is 0. The molecule has 0 N–H and O–H groups in total. The van der Waals surface area contributed by atoms with Crippen LogP contribution in [0.4, 0.5) is 0 Å². The second-order valence-electron chi connectivity index (χ2n) is 4.92. The zero-order chi connectivity index (χ0) is 11.5. The van der Waals surface area contributed by atoms with E-state index < -0.39 is 0 Å². The van der Waals surface area contributed by atoms with Crippen LogP contribution in [-0.2, 0) is 0 Å². The van der Waals surface area contributed by atoms with E-state index in [1.54, 1.807) is 6.26 Å². The highest BCUT2D eigenvalue weighted by Gasteiger charge is 2.28. The van der Waals surface area contributed by atoms with E-state index >= 15 is 0 Å². The number of hydrogen-bond acceptors (Lipinski definition) is 2. The molecule has 0 radical (unpaired) electrons. The van der Waals surface area contributed by atoms with E-state index in [-0.39, 0.29) is 11.7 Å². The lowest BCUT2D eigenvalue weighted by Crippen LogP contribution is -2.21. The molecule has 0 spiro atoms. The number of hydrogen-bond donors (Lipinski definition) is 0. The van der Waals surface area contributed by atoms with Crippen molar-refractivity contribution >= 4 is 5.78 Å². The summed E-state index contributed by atoms with van der Waals surface area (Å²) < 4.78 is 5.28. The van der Waals surface area contributed by atoms with Crippen molar-refractivity contribution in [2.24, 2.45) is 11.8 Å². The van der Waals surface area contributed by atoms with Gasteiger partial charge in [0.25, 0.3) is 0 Å². The third-order valence-electron chi connectivity index (χ3n) is 3.88. The molecule has 1 aromatic rings. The molecular formula is C14H20O2. The maximum Gasteiger partial charge on any atom is 0.201 e. The second-order valence-corrected chi connectivity index (χ2v) is 4.92. The molecule has 2 rings (SSSR count). The van der Waals surface area contributed by atoms with Gasteiger partial charge >= 0.3 is 0 Å². The number of furan rings is 1. The van der Waals surface area contributed by atoms with Gasteiger partial charge in [0, 0.05) is 5.92 Å². The molecule has 2 nitrogen and oxygen atoms in total. The van der Waals surface area contributed by atoms with E-state index in [0.717, 1.165) is 24.3 Å². The summed E-state index contributed by atoms with van der Waals surface area (Å²) in [5.41, 5.74) is 0.975. The zero-order valence-corrected chi connectivity index (χ0v) is 10.2. The molecule has 0 atom stereocenters. The Hall–Kier alpha value is -1.05. The molecule has 0 aromatic carbocycles. The molecule has 1 aromatic heterocycles. The van der Waals surface area contributed by atoms with Gasteiger partial charge in [-0.25, -0.2) is 0 Å². The van der Waals surface area contributed by atoms with E-state index in [4.69, 9.17) is 4.42 Å². The first-order valence-corrected chi connectivity index (χ1v) is 6.30. The standard InChI is InChI=1S/C14H20O2/c1-3-11-4-6-12(7-5-11)13(15)14-10(2)8-9-16-14/h8-9,11-12H,3-7H2,1-2H3. The fourth-order valence-electron chi connectivity index (χ4n) is 2.64. The summed E-state index contributed by atoms with van der Waals surface area (Å²) in [6.07, 6.45) is 7.34. The average Bonchev–Trinajstić information content (AvgIpc) is 2.75. The van der Waals surface area contributed by atoms with Gasteiger partial charge < -0.3 is 4.42 Å². The lowest BCUT2D eigenvalue weighted by atomic mass is 9.78. The van der Waals surface area contributed by atoms with Gasteiger partial charge in [0.2, 0.25) is 5.78 Å². The monoisotopic (exact) mass is 220 g/mol. The highest BCUT2D eigenvalue weighted by atomic mass is 16.3. The van der Waals surface area contributed by atoms with E-state index in [1.807, 2.05) is 13.0 Å². The average molecular weight is 220 g/mol. The minimum absolute atomic E-state index is 0.202. The van der Waals surface area contributed by atoms with Gasteiger partial charge in [0.1, 0.15) is 0 Å². The molecule has 2 heteroatoms. The van der Waals surface area contributed by atoms with Crippen LogP contribution in [0.3, 0.4) is 0 Å². The van der Waals surface area contributed by atoms with Crippen LogP contribution in [-0.4, -0.2) is 5.78 Å². The van der Waals surface area contributed by atoms with E-state index in [2.05, 4.69) is 6.92 Å². The summed E-state index contributed by atoms with van der Waals surface area (Å²) in [5.74, 6) is 1.84. The molecule has 1 aliphatic rings. The van der Waals surface area contributed by atoms with Crippen molar-refractivity contribution in [2.75, 3.05) is 0 Å². The Morgan fingerprint density at radius 3 is 2.56 bits per heavy atom. The van der Waals surface area contributed by atoms with Crippen molar-refractivity contribution in [3.63, 3.8) is 0 Å². The van der Waals surface area contributed by atoms with Crippen LogP contribution in [0.1, 0.15) is 55.1 Å². The number of carbonyl (C=O) groups excluding carboxylic acids is 1. The molecule has 88 valence electrons. The Kier molecular flexibility index (Phi) is 3.47. The quantitative estimate of drug-likeness (QED) is 0.721. The van der Waals surface area contributed by atoms with Crippen molar-refractivity contribution in [2.45, 2.75) is 46.0 Å². The first-order valence-electron chi connectivity index (χ1n) is 6.30. The van der Waals surface area contributed by atoms with Crippen molar-refractivity contribution in [3.8, 4) is 0 Å². The Morgan fingerprint density at radius 2 is 2.06 bits per heavy atom. The molecule has 0 aliphatic heterocycles. The molecule has 16 heavy (non-hydrogen) atoms. The lowest BCUT2D eigenvalue weighted by Gasteiger charge is -2.26. The molecule has 0 saturated heterocycles. The van der Waals surface area contributed by atoms with Crippen LogP contribution in [0.25, 0.3) is 0 Å². The molecule has 1 aliphatic carbocycles.